The Morgan fingerprint density at radius 1 is 1.25 bits per heavy atom. The molecule has 0 bridgehead atoms. The molecule has 0 aliphatic heterocycles. The Bertz CT molecular complexity index is 1180. The van der Waals surface area contributed by atoms with E-state index >= 15 is 0 Å². The van der Waals surface area contributed by atoms with Crippen molar-refractivity contribution in [3.05, 3.63) is 71.2 Å². The fraction of sp³-hybridized carbons (Fsp3) is 0.200. The number of thioether (sulfide) groups is 1. The molecule has 0 amide bonds. The fourth-order valence-electron chi connectivity index (χ4n) is 2.76. The van der Waals surface area contributed by atoms with Crippen LogP contribution in [0.25, 0.3) is 20.7 Å². The lowest BCUT2D eigenvalue weighted by Gasteiger charge is -2.08. The van der Waals surface area contributed by atoms with Crippen molar-refractivity contribution in [3.8, 4) is 10.4 Å². The number of rotatable bonds is 7. The number of aromatic nitrogens is 4. The topological polar surface area (TPSA) is 73.8 Å². The van der Waals surface area contributed by atoms with Gasteiger partial charge in [0.05, 0.1) is 11.1 Å². The Morgan fingerprint density at radius 2 is 2.04 bits per heavy atom. The van der Waals surface area contributed by atoms with Crippen LogP contribution in [-0.2, 0) is 18.7 Å². The first kappa shape index (κ1) is 18.6. The summed E-state index contributed by atoms with van der Waals surface area (Å²) >= 11 is 2.93. The molecule has 1 aromatic carbocycles. The highest BCUT2D eigenvalue weighted by Gasteiger charge is 2.16. The number of thiophene rings is 1. The van der Waals surface area contributed by atoms with Gasteiger partial charge in [0, 0.05) is 17.8 Å². The van der Waals surface area contributed by atoms with Crippen molar-refractivity contribution >= 4 is 33.3 Å². The van der Waals surface area contributed by atoms with Crippen molar-refractivity contribution in [3.63, 3.8) is 0 Å². The maximum absolute atomic E-state index is 13.1. The van der Waals surface area contributed by atoms with Gasteiger partial charge >= 0.3 is 0 Å². The summed E-state index contributed by atoms with van der Waals surface area (Å²) in [7, 11) is 0. The smallest absolute Gasteiger partial charge is 0.263 e. The first-order valence-corrected chi connectivity index (χ1v) is 10.6. The van der Waals surface area contributed by atoms with E-state index in [0.717, 1.165) is 15.3 Å². The van der Waals surface area contributed by atoms with Gasteiger partial charge in [-0.2, -0.15) is 0 Å². The largest absolute Gasteiger partial charge is 0.424 e. The SMILES string of the molecule is C=CCn1c(SCc2nnc(CC)o2)nc2sc(-c3ccccc3)cc2c1=O. The van der Waals surface area contributed by atoms with E-state index in [4.69, 9.17) is 9.40 Å². The molecule has 0 N–H and O–H groups in total. The van der Waals surface area contributed by atoms with Crippen molar-refractivity contribution in [1.29, 1.82) is 0 Å². The van der Waals surface area contributed by atoms with E-state index in [9.17, 15) is 4.79 Å². The van der Waals surface area contributed by atoms with Gasteiger partial charge in [0.2, 0.25) is 11.8 Å². The molecule has 6 nitrogen and oxygen atoms in total. The Balaban J connectivity index is 1.73. The molecule has 0 unspecified atom stereocenters. The molecule has 0 spiro atoms. The van der Waals surface area contributed by atoms with Gasteiger partial charge < -0.3 is 4.42 Å². The third kappa shape index (κ3) is 3.65. The van der Waals surface area contributed by atoms with E-state index in [1.165, 1.54) is 23.1 Å². The van der Waals surface area contributed by atoms with E-state index < -0.39 is 0 Å². The Hall–Kier alpha value is -2.71. The van der Waals surface area contributed by atoms with Crippen LogP contribution < -0.4 is 5.56 Å². The number of hydrogen-bond acceptors (Lipinski definition) is 7. The van der Waals surface area contributed by atoms with Crippen LogP contribution in [0, 0.1) is 0 Å². The molecule has 0 saturated carbocycles. The highest BCUT2D eigenvalue weighted by Crippen LogP contribution is 2.32. The third-order valence-corrected chi connectivity index (χ3v) is 6.16. The van der Waals surface area contributed by atoms with Crippen molar-refractivity contribution in [1.82, 2.24) is 19.7 Å². The Morgan fingerprint density at radius 3 is 2.75 bits per heavy atom. The van der Waals surface area contributed by atoms with Gasteiger partial charge in [0.15, 0.2) is 5.16 Å². The fourth-order valence-corrected chi connectivity index (χ4v) is 4.68. The maximum Gasteiger partial charge on any atom is 0.263 e. The van der Waals surface area contributed by atoms with Gasteiger partial charge in [-0.15, -0.1) is 28.1 Å². The summed E-state index contributed by atoms with van der Waals surface area (Å²) < 4.78 is 7.20. The Labute approximate surface area is 170 Å². The summed E-state index contributed by atoms with van der Waals surface area (Å²) in [6, 6.07) is 11.9. The van der Waals surface area contributed by atoms with Crippen LogP contribution >= 0.6 is 23.1 Å². The van der Waals surface area contributed by atoms with Gasteiger partial charge in [-0.25, -0.2) is 4.98 Å². The predicted molar refractivity (Wildman–Crippen MR) is 113 cm³/mol. The highest BCUT2D eigenvalue weighted by atomic mass is 32.2. The van der Waals surface area contributed by atoms with Crippen molar-refractivity contribution < 1.29 is 4.42 Å². The third-order valence-electron chi connectivity index (χ3n) is 4.12. The van der Waals surface area contributed by atoms with Crippen LogP contribution in [0.5, 0.6) is 0 Å². The first-order valence-electron chi connectivity index (χ1n) is 8.84. The van der Waals surface area contributed by atoms with Crippen LogP contribution in [0.15, 0.2) is 63.4 Å². The van der Waals surface area contributed by atoms with Gasteiger partial charge in [0.25, 0.3) is 5.56 Å². The zero-order valence-corrected chi connectivity index (χ0v) is 16.9. The molecule has 4 aromatic rings. The van der Waals surface area contributed by atoms with E-state index in [2.05, 4.69) is 16.8 Å². The summed E-state index contributed by atoms with van der Waals surface area (Å²) in [6.07, 6.45) is 2.39. The quantitative estimate of drug-likeness (QED) is 0.253. The molecule has 0 aliphatic carbocycles. The van der Waals surface area contributed by atoms with Crippen LogP contribution in [0.4, 0.5) is 0 Å². The number of fused-ring (bicyclic) bond motifs is 1. The minimum Gasteiger partial charge on any atom is -0.424 e. The summed E-state index contributed by atoms with van der Waals surface area (Å²) in [5.74, 6) is 1.59. The van der Waals surface area contributed by atoms with Gasteiger partial charge in [0.1, 0.15) is 4.83 Å². The van der Waals surface area contributed by atoms with E-state index in [1.807, 2.05) is 43.3 Å². The first-order chi connectivity index (χ1) is 13.7. The number of aryl methyl sites for hydroxylation is 1. The van der Waals surface area contributed by atoms with Gasteiger partial charge in [-0.05, 0) is 11.6 Å². The Kier molecular flexibility index (Phi) is 5.40. The maximum atomic E-state index is 13.1. The second-order valence-corrected chi connectivity index (χ2v) is 8.00. The molecule has 3 heterocycles. The summed E-state index contributed by atoms with van der Waals surface area (Å²) in [4.78, 5) is 19.6. The van der Waals surface area contributed by atoms with Gasteiger partial charge in [-0.3, -0.25) is 9.36 Å². The zero-order chi connectivity index (χ0) is 19.5. The second kappa shape index (κ2) is 8.12. The lowest BCUT2D eigenvalue weighted by atomic mass is 10.2. The standard InChI is InChI=1S/C20H18N4O2S2/c1-3-10-24-19(25)14-11-15(13-8-6-5-7-9-13)28-18(14)21-20(24)27-12-17-23-22-16(4-2)26-17/h3,5-9,11H,1,4,10,12H2,2H3. The van der Waals surface area contributed by atoms with E-state index in [1.54, 1.807) is 10.6 Å². The molecule has 4 rings (SSSR count). The molecular weight excluding hydrogens is 392 g/mol. The van der Waals surface area contributed by atoms with E-state index in [0.29, 0.717) is 41.0 Å². The molecule has 0 fully saturated rings. The van der Waals surface area contributed by atoms with Crippen LogP contribution in [0.2, 0.25) is 0 Å². The lowest BCUT2D eigenvalue weighted by molar-refractivity contribution is 0.469. The molecule has 3 aromatic heterocycles. The summed E-state index contributed by atoms with van der Waals surface area (Å²) in [6.45, 7) is 6.12. The van der Waals surface area contributed by atoms with Crippen LogP contribution in [0.3, 0.4) is 0 Å². The molecular formula is C20H18N4O2S2. The highest BCUT2D eigenvalue weighted by molar-refractivity contribution is 7.98. The van der Waals surface area contributed by atoms with Crippen molar-refractivity contribution in [2.75, 3.05) is 0 Å². The molecule has 142 valence electrons. The second-order valence-electron chi connectivity index (χ2n) is 6.03. The number of allylic oxidation sites excluding steroid dienone is 1. The summed E-state index contributed by atoms with van der Waals surface area (Å²) in [5, 5.41) is 9.26. The monoisotopic (exact) mass is 410 g/mol. The van der Waals surface area contributed by atoms with Crippen molar-refractivity contribution in [2.24, 2.45) is 0 Å². The number of nitrogens with zero attached hydrogens (tertiary/aromatic N) is 4. The van der Waals surface area contributed by atoms with Gasteiger partial charge in [-0.1, -0.05) is 55.1 Å². The molecule has 0 atom stereocenters. The molecule has 0 radical (unpaired) electrons. The van der Waals surface area contributed by atoms with E-state index in [-0.39, 0.29) is 5.56 Å². The molecule has 0 saturated heterocycles. The number of benzene rings is 1. The zero-order valence-electron chi connectivity index (χ0n) is 15.3. The van der Waals surface area contributed by atoms with Crippen molar-refractivity contribution in [2.45, 2.75) is 30.8 Å². The molecule has 8 heteroatoms. The molecule has 28 heavy (non-hydrogen) atoms. The van der Waals surface area contributed by atoms with Crippen LogP contribution in [-0.4, -0.2) is 19.7 Å². The molecule has 0 aliphatic rings. The average molecular weight is 411 g/mol. The minimum absolute atomic E-state index is 0.0643. The lowest BCUT2D eigenvalue weighted by Crippen LogP contribution is -2.22. The average Bonchev–Trinajstić information content (AvgIpc) is 3.36. The summed E-state index contributed by atoms with van der Waals surface area (Å²) in [5.41, 5.74) is 1.01. The predicted octanol–water partition coefficient (Wildman–Crippen LogP) is 4.55. The minimum atomic E-state index is -0.0643. The van der Waals surface area contributed by atoms with Crippen LogP contribution in [0.1, 0.15) is 18.7 Å². The number of hydrogen-bond donors (Lipinski definition) is 0. The normalized spacial score (nSPS) is 11.2.